The summed E-state index contributed by atoms with van der Waals surface area (Å²) in [6, 6.07) is 19.2. The maximum Gasteiger partial charge on any atom is 0.243 e. The fraction of sp³-hybridized carbons (Fsp3) is 0.240. The van der Waals surface area contributed by atoms with Gasteiger partial charge in [-0.1, -0.05) is 42.5 Å². The van der Waals surface area contributed by atoms with Crippen LogP contribution >= 0.6 is 0 Å². The Morgan fingerprint density at radius 2 is 1.61 bits per heavy atom. The number of rotatable bonds is 9. The van der Waals surface area contributed by atoms with Crippen LogP contribution in [0.4, 0.5) is 5.69 Å². The van der Waals surface area contributed by atoms with E-state index in [1.165, 1.54) is 32.4 Å². The van der Waals surface area contributed by atoms with Gasteiger partial charge < -0.3 is 14.8 Å². The minimum atomic E-state index is -4.03. The van der Waals surface area contributed by atoms with E-state index >= 15 is 0 Å². The number of amides is 1. The van der Waals surface area contributed by atoms with Gasteiger partial charge in [0.25, 0.3) is 0 Å². The SMILES string of the molecule is COc1ccc(S(=O)(=O)N(CC(=O)Nc2cc(C)ccc2C)Cc2ccccc2)cc1OC. The fourth-order valence-corrected chi connectivity index (χ4v) is 4.76. The summed E-state index contributed by atoms with van der Waals surface area (Å²) in [5.41, 5.74) is 3.31. The summed E-state index contributed by atoms with van der Waals surface area (Å²) < 4.78 is 38.8. The third-order valence-corrected chi connectivity index (χ3v) is 6.97. The van der Waals surface area contributed by atoms with Crippen LogP contribution in [-0.4, -0.2) is 39.4 Å². The molecule has 3 aromatic carbocycles. The second-order valence-corrected chi connectivity index (χ2v) is 9.58. The van der Waals surface area contributed by atoms with E-state index in [9.17, 15) is 13.2 Å². The van der Waals surface area contributed by atoms with E-state index < -0.39 is 15.9 Å². The third-order valence-electron chi connectivity index (χ3n) is 5.18. The highest BCUT2D eigenvalue weighted by molar-refractivity contribution is 7.89. The van der Waals surface area contributed by atoms with Crippen molar-refractivity contribution in [3.8, 4) is 11.5 Å². The Hall–Kier alpha value is -3.36. The van der Waals surface area contributed by atoms with Crippen LogP contribution < -0.4 is 14.8 Å². The highest BCUT2D eigenvalue weighted by atomic mass is 32.2. The lowest BCUT2D eigenvalue weighted by atomic mass is 10.1. The number of carbonyl (C=O) groups is 1. The molecule has 0 radical (unpaired) electrons. The Kier molecular flexibility index (Phi) is 7.73. The molecule has 0 atom stereocenters. The van der Waals surface area contributed by atoms with Crippen molar-refractivity contribution in [2.75, 3.05) is 26.1 Å². The van der Waals surface area contributed by atoms with E-state index in [4.69, 9.17) is 9.47 Å². The predicted octanol–water partition coefficient (Wildman–Crippen LogP) is 4.15. The molecule has 0 aliphatic carbocycles. The van der Waals surface area contributed by atoms with Gasteiger partial charge in [-0.15, -0.1) is 0 Å². The first-order chi connectivity index (χ1) is 15.7. The summed E-state index contributed by atoms with van der Waals surface area (Å²) in [6.07, 6.45) is 0. The van der Waals surface area contributed by atoms with E-state index in [-0.39, 0.29) is 23.7 Å². The lowest BCUT2D eigenvalue weighted by Gasteiger charge is -2.23. The van der Waals surface area contributed by atoms with Gasteiger partial charge in [0.2, 0.25) is 15.9 Å². The molecule has 0 aliphatic rings. The number of benzene rings is 3. The number of nitrogens with one attached hydrogen (secondary N) is 1. The highest BCUT2D eigenvalue weighted by Gasteiger charge is 2.28. The van der Waals surface area contributed by atoms with Crippen molar-refractivity contribution in [2.24, 2.45) is 0 Å². The second-order valence-electron chi connectivity index (χ2n) is 7.64. The molecule has 174 valence electrons. The van der Waals surface area contributed by atoms with Crippen molar-refractivity contribution in [2.45, 2.75) is 25.3 Å². The largest absolute Gasteiger partial charge is 0.493 e. The smallest absolute Gasteiger partial charge is 0.243 e. The molecule has 0 aliphatic heterocycles. The van der Waals surface area contributed by atoms with Crippen molar-refractivity contribution >= 4 is 21.6 Å². The third kappa shape index (κ3) is 5.91. The zero-order valence-corrected chi connectivity index (χ0v) is 20.0. The van der Waals surface area contributed by atoms with E-state index in [2.05, 4.69) is 5.32 Å². The number of methoxy groups -OCH3 is 2. The monoisotopic (exact) mass is 468 g/mol. The molecular weight excluding hydrogens is 440 g/mol. The summed E-state index contributed by atoms with van der Waals surface area (Å²) in [5, 5.41) is 2.84. The van der Waals surface area contributed by atoms with Gasteiger partial charge in [0.05, 0.1) is 25.7 Å². The van der Waals surface area contributed by atoms with Gasteiger partial charge >= 0.3 is 0 Å². The normalized spacial score (nSPS) is 11.3. The first kappa shape index (κ1) is 24.3. The van der Waals surface area contributed by atoms with Gasteiger partial charge in [0.1, 0.15) is 0 Å². The predicted molar refractivity (Wildman–Crippen MR) is 128 cm³/mol. The van der Waals surface area contributed by atoms with E-state index in [0.29, 0.717) is 11.4 Å². The topological polar surface area (TPSA) is 84.9 Å². The number of carbonyl (C=O) groups excluding carboxylic acids is 1. The van der Waals surface area contributed by atoms with Crippen molar-refractivity contribution in [3.63, 3.8) is 0 Å². The summed E-state index contributed by atoms with van der Waals surface area (Å²) in [5.74, 6) is 0.278. The maximum absolute atomic E-state index is 13.6. The Bertz CT molecular complexity index is 1230. The molecule has 0 spiro atoms. The van der Waals surface area contributed by atoms with Gasteiger partial charge in [0.15, 0.2) is 11.5 Å². The molecule has 0 saturated carbocycles. The molecule has 1 amide bonds. The first-order valence-electron chi connectivity index (χ1n) is 10.4. The Morgan fingerprint density at radius 1 is 0.909 bits per heavy atom. The molecule has 0 unspecified atom stereocenters. The number of anilines is 1. The lowest BCUT2D eigenvalue weighted by molar-refractivity contribution is -0.116. The molecule has 0 heterocycles. The average Bonchev–Trinajstić information content (AvgIpc) is 2.81. The number of sulfonamides is 1. The van der Waals surface area contributed by atoms with Crippen LogP contribution in [0, 0.1) is 13.8 Å². The summed E-state index contributed by atoms with van der Waals surface area (Å²) in [4.78, 5) is 12.9. The first-order valence-corrected chi connectivity index (χ1v) is 11.8. The van der Waals surface area contributed by atoms with Crippen LogP contribution in [0.1, 0.15) is 16.7 Å². The van der Waals surface area contributed by atoms with Crippen molar-refractivity contribution in [3.05, 3.63) is 83.4 Å². The molecule has 7 nitrogen and oxygen atoms in total. The van der Waals surface area contributed by atoms with Crippen LogP contribution in [0.3, 0.4) is 0 Å². The molecule has 1 N–H and O–H groups in total. The highest BCUT2D eigenvalue weighted by Crippen LogP contribution is 2.31. The molecular formula is C25H28N2O5S. The van der Waals surface area contributed by atoms with Gasteiger partial charge in [-0.3, -0.25) is 4.79 Å². The number of aryl methyl sites for hydroxylation is 2. The van der Waals surface area contributed by atoms with Gasteiger partial charge in [0, 0.05) is 18.3 Å². The molecule has 3 aromatic rings. The summed E-state index contributed by atoms with van der Waals surface area (Å²) in [6.45, 7) is 3.51. The second kappa shape index (κ2) is 10.5. The van der Waals surface area contributed by atoms with E-state index in [1.807, 2.05) is 62.4 Å². The minimum absolute atomic E-state index is 0.00983. The molecule has 3 rings (SSSR count). The number of hydrogen-bond donors (Lipinski definition) is 1. The van der Waals surface area contributed by atoms with Crippen LogP contribution in [0.2, 0.25) is 0 Å². The molecule has 0 saturated heterocycles. The molecule has 8 heteroatoms. The Balaban J connectivity index is 1.93. The van der Waals surface area contributed by atoms with E-state index in [1.54, 1.807) is 0 Å². The van der Waals surface area contributed by atoms with Crippen LogP contribution in [0.5, 0.6) is 11.5 Å². The average molecular weight is 469 g/mol. The van der Waals surface area contributed by atoms with E-state index in [0.717, 1.165) is 21.0 Å². The summed E-state index contributed by atoms with van der Waals surface area (Å²) in [7, 11) is -1.11. The zero-order valence-electron chi connectivity index (χ0n) is 19.2. The van der Waals surface area contributed by atoms with Gasteiger partial charge in [-0.25, -0.2) is 8.42 Å². The molecule has 0 fully saturated rings. The van der Waals surface area contributed by atoms with Crippen molar-refractivity contribution in [1.82, 2.24) is 4.31 Å². The van der Waals surface area contributed by atoms with Crippen LogP contribution in [0.25, 0.3) is 0 Å². The maximum atomic E-state index is 13.6. The fourth-order valence-electron chi connectivity index (χ4n) is 3.36. The van der Waals surface area contributed by atoms with Crippen LogP contribution in [-0.2, 0) is 21.4 Å². The standard InChI is InChI=1S/C25H28N2O5S/c1-18-10-11-19(2)22(14-18)26-25(28)17-27(16-20-8-6-5-7-9-20)33(29,30)21-12-13-23(31-3)24(15-21)32-4/h5-15H,16-17H2,1-4H3,(H,26,28). The zero-order chi connectivity index (χ0) is 24.0. The number of ether oxygens (including phenoxy) is 2. The minimum Gasteiger partial charge on any atom is -0.493 e. The molecule has 0 bridgehead atoms. The lowest BCUT2D eigenvalue weighted by Crippen LogP contribution is -2.37. The summed E-state index contributed by atoms with van der Waals surface area (Å²) >= 11 is 0. The Labute approximate surface area is 195 Å². The van der Waals surface area contributed by atoms with Crippen molar-refractivity contribution in [1.29, 1.82) is 0 Å². The Morgan fingerprint density at radius 3 is 2.27 bits per heavy atom. The van der Waals surface area contributed by atoms with Gasteiger partial charge in [-0.2, -0.15) is 4.31 Å². The van der Waals surface area contributed by atoms with Crippen LogP contribution in [0.15, 0.2) is 71.6 Å². The number of hydrogen-bond acceptors (Lipinski definition) is 5. The number of nitrogens with zero attached hydrogens (tertiary/aromatic N) is 1. The van der Waals surface area contributed by atoms with Gasteiger partial charge in [-0.05, 0) is 48.7 Å². The molecule has 0 aromatic heterocycles. The molecule has 33 heavy (non-hydrogen) atoms. The van der Waals surface area contributed by atoms with Crippen molar-refractivity contribution < 1.29 is 22.7 Å². The quantitative estimate of drug-likeness (QED) is 0.510.